The minimum Gasteiger partial charge on any atom is -0.489 e. The number of hydrogen-bond donors (Lipinski definition) is 1. The van der Waals surface area contributed by atoms with E-state index in [4.69, 9.17) is 19.3 Å². The van der Waals surface area contributed by atoms with E-state index in [0.717, 1.165) is 27.7 Å². The highest BCUT2D eigenvalue weighted by Crippen LogP contribution is 2.36. The number of carboxylic acids is 1. The molecule has 0 saturated heterocycles. The van der Waals surface area contributed by atoms with Gasteiger partial charge in [0.1, 0.15) is 30.5 Å². The summed E-state index contributed by atoms with van der Waals surface area (Å²) >= 11 is 0. The molecule has 6 nitrogen and oxygen atoms in total. The van der Waals surface area contributed by atoms with Gasteiger partial charge in [-0.1, -0.05) is 42.5 Å². The van der Waals surface area contributed by atoms with Crippen LogP contribution in [-0.2, 0) is 18.0 Å². The number of nitrogens with zero attached hydrogens (tertiary/aromatic N) is 1. The molecule has 0 bridgehead atoms. The summed E-state index contributed by atoms with van der Waals surface area (Å²) in [5.74, 6) is 0.690. The Morgan fingerprint density at radius 1 is 0.879 bits per heavy atom. The molecule has 33 heavy (non-hydrogen) atoms. The number of para-hydroxylation sites is 2. The first-order chi connectivity index (χ1) is 16.0. The largest absolute Gasteiger partial charge is 0.489 e. The van der Waals surface area contributed by atoms with Crippen LogP contribution in [-0.4, -0.2) is 22.7 Å². The van der Waals surface area contributed by atoms with E-state index in [1.54, 1.807) is 0 Å². The Balaban J connectivity index is 1.64. The Morgan fingerprint density at radius 3 is 2.42 bits per heavy atom. The van der Waals surface area contributed by atoms with Crippen LogP contribution in [0.2, 0.25) is 0 Å². The topological polar surface area (TPSA) is 77.9 Å². The van der Waals surface area contributed by atoms with Gasteiger partial charge in [-0.3, -0.25) is 0 Å². The van der Waals surface area contributed by atoms with E-state index in [9.17, 15) is 4.79 Å². The predicted octanol–water partition coefficient (Wildman–Crippen LogP) is 5.47. The van der Waals surface area contributed by atoms with Crippen LogP contribution in [0, 0.1) is 13.8 Å². The summed E-state index contributed by atoms with van der Waals surface area (Å²) in [6, 6.07) is 23.2. The average molecular weight is 443 g/mol. The van der Waals surface area contributed by atoms with Crippen LogP contribution in [0.25, 0.3) is 10.9 Å². The molecule has 0 unspecified atom stereocenters. The number of rotatable bonds is 9. The maximum Gasteiger partial charge on any atom is 0.341 e. The van der Waals surface area contributed by atoms with Crippen LogP contribution < -0.4 is 14.2 Å². The van der Waals surface area contributed by atoms with Crippen molar-refractivity contribution in [2.45, 2.75) is 27.1 Å². The van der Waals surface area contributed by atoms with Gasteiger partial charge in [0, 0.05) is 5.39 Å². The van der Waals surface area contributed by atoms with E-state index in [2.05, 4.69) is 4.98 Å². The number of aryl methyl sites for hydroxylation is 1. The van der Waals surface area contributed by atoms with Gasteiger partial charge in [0.25, 0.3) is 0 Å². The quantitative estimate of drug-likeness (QED) is 0.369. The number of benzene rings is 3. The van der Waals surface area contributed by atoms with Crippen molar-refractivity contribution in [3.05, 3.63) is 95.2 Å². The number of hydrogen-bond acceptors (Lipinski definition) is 5. The Kier molecular flexibility index (Phi) is 6.74. The Hall–Kier alpha value is -4.06. The molecule has 0 atom stereocenters. The molecule has 168 valence electrons. The molecule has 0 radical (unpaired) electrons. The number of aromatic nitrogens is 1. The molecule has 0 spiro atoms. The summed E-state index contributed by atoms with van der Waals surface area (Å²) in [5, 5.41) is 10.2. The number of carbonyl (C=O) groups is 1. The summed E-state index contributed by atoms with van der Waals surface area (Å²) in [6.45, 7) is 3.80. The summed E-state index contributed by atoms with van der Waals surface area (Å²) in [4.78, 5) is 15.8. The fourth-order valence-electron chi connectivity index (χ4n) is 3.52. The third-order valence-electron chi connectivity index (χ3n) is 5.35. The third kappa shape index (κ3) is 5.41. The Morgan fingerprint density at radius 2 is 1.64 bits per heavy atom. The first kappa shape index (κ1) is 22.1. The molecule has 0 amide bonds. The second-order valence-corrected chi connectivity index (χ2v) is 7.69. The van der Waals surface area contributed by atoms with Crippen LogP contribution in [0.4, 0.5) is 0 Å². The van der Waals surface area contributed by atoms with Crippen molar-refractivity contribution >= 4 is 16.9 Å². The molecule has 0 aliphatic heterocycles. The van der Waals surface area contributed by atoms with Crippen molar-refractivity contribution in [1.29, 1.82) is 0 Å². The maximum absolute atomic E-state index is 11.2. The summed E-state index contributed by atoms with van der Waals surface area (Å²) in [7, 11) is 0. The number of ether oxygens (including phenoxy) is 3. The van der Waals surface area contributed by atoms with Gasteiger partial charge in [0.15, 0.2) is 6.61 Å². The van der Waals surface area contributed by atoms with Gasteiger partial charge in [0.05, 0.1) is 16.8 Å². The van der Waals surface area contributed by atoms with Gasteiger partial charge < -0.3 is 19.3 Å². The van der Waals surface area contributed by atoms with E-state index in [0.29, 0.717) is 22.8 Å². The predicted molar refractivity (Wildman–Crippen MR) is 126 cm³/mol. The zero-order valence-corrected chi connectivity index (χ0v) is 18.6. The first-order valence-corrected chi connectivity index (χ1v) is 10.6. The van der Waals surface area contributed by atoms with Crippen molar-refractivity contribution in [3.8, 4) is 17.2 Å². The zero-order chi connectivity index (χ0) is 23.2. The molecule has 3 aromatic carbocycles. The SMILES string of the molecule is Cc1cc(OCc2ccc3ccccc3n2)c(COc2ccccc2)c(OCC(=O)O)c1C. The smallest absolute Gasteiger partial charge is 0.341 e. The molecule has 0 saturated carbocycles. The average Bonchev–Trinajstić information content (AvgIpc) is 2.83. The van der Waals surface area contributed by atoms with Gasteiger partial charge in [-0.2, -0.15) is 0 Å². The second-order valence-electron chi connectivity index (χ2n) is 7.69. The molecule has 0 fully saturated rings. The molecular weight excluding hydrogens is 418 g/mol. The standard InChI is InChI=1S/C27H25NO5/c1-18-14-25(32-15-21-13-12-20-8-6-7-11-24(20)28-21)23(16-31-22-9-4-3-5-10-22)27(19(18)2)33-17-26(29)30/h3-14H,15-17H2,1-2H3,(H,29,30). The van der Waals surface area contributed by atoms with Crippen LogP contribution >= 0.6 is 0 Å². The molecular formula is C27H25NO5. The molecule has 1 N–H and O–H groups in total. The van der Waals surface area contributed by atoms with Crippen LogP contribution in [0.15, 0.2) is 72.8 Å². The fraction of sp³-hybridized carbons (Fsp3) is 0.185. The van der Waals surface area contributed by atoms with Crippen LogP contribution in [0.5, 0.6) is 17.2 Å². The van der Waals surface area contributed by atoms with E-state index in [1.165, 1.54) is 0 Å². The number of carboxylic acid groups (broad SMARTS) is 1. The molecule has 4 aromatic rings. The van der Waals surface area contributed by atoms with E-state index in [-0.39, 0.29) is 13.2 Å². The van der Waals surface area contributed by atoms with E-state index < -0.39 is 12.6 Å². The van der Waals surface area contributed by atoms with Crippen molar-refractivity contribution < 1.29 is 24.1 Å². The maximum atomic E-state index is 11.2. The van der Waals surface area contributed by atoms with Crippen molar-refractivity contribution in [2.24, 2.45) is 0 Å². The van der Waals surface area contributed by atoms with Crippen LogP contribution in [0.3, 0.4) is 0 Å². The number of aliphatic carboxylic acids is 1. The van der Waals surface area contributed by atoms with Gasteiger partial charge in [0.2, 0.25) is 0 Å². The molecule has 1 aromatic heterocycles. The number of fused-ring (bicyclic) bond motifs is 1. The fourth-order valence-corrected chi connectivity index (χ4v) is 3.52. The highest BCUT2D eigenvalue weighted by Gasteiger charge is 2.19. The second kappa shape index (κ2) is 10.0. The lowest BCUT2D eigenvalue weighted by Crippen LogP contribution is -2.14. The summed E-state index contributed by atoms with van der Waals surface area (Å²) in [5.41, 5.74) is 4.12. The molecule has 6 heteroatoms. The third-order valence-corrected chi connectivity index (χ3v) is 5.35. The first-order valence-electron chi connectivity index (χ1n) is 10.6. The van der Waals surface area contributed by atoms with E-state index >= 15 is 0 Å². The van der Waals surface area contributed by atoms with Crippen molar-refractivity contribution in [2.75, 3.05) is 6.61 Å². The zero-order valence-electron chi connectivity index (χ0n) is 18.6. The van der Waals surface area contributed by atoms with Crippen LogP contribution in [0.1, 0.15) is 22.4 Å². The molecule has 0 aliphatic rings. The highest BCUT2D eigenvalue weighted by atomic mass is 16.5. The van der Waals surface area contributed by atoms with Gasteiger partial charge in [-0.15, -0.1) is 0 Å². The lowest BCUT2D eigenvalue weighted by molar-refractivity contribution is -0.139. The lowest BCUT2D eigenvalue weighted by atomic mass is 10.0. The minimum atomic E-state index is -1.05. The molecule has 4 rings (SSSR count). The molecule has 1 heterocycles. The van der Waals surface area contributed by atoms with E-state index in [1.807, 2.05) is 86.6 Å². The van der Waals surface area contributed by atoms with Gasteiger partial charge in [-0.05, 0) is 55.3 Å². The lowest BCUT2D eigenvalue weighted by Gasteiger charge is -2.20. The normalized spacial score (nSPS) is 10.7. The monoisotopic (exact) mass is 443 g/mol. The van der Waals surface area contributed by atoms with Gasteiger partial charge in [-0.25, -0.2) is 9.78 Å². The summed E-state index contributed by atoms with van der Waals surface area (Å²) in [6.07, 6.45) is 0. The highest BCUT2D eigenvalue weighted by molar-refractivity contribution is 5.78. The molecule has 0 aliphatic carbocycles. The Labute approximate surface area is 192 Å². The van der Waals surface area contributed by atoms with Crippen molar-refractivity contribution in [3.63, 3.8) is 0 Å². The van der Waals surface area contributed by atoms with Gasteiger partial charge >= 0.3 is 5.97 Å². The number of pyridine rings is 1. The Bertz CT molecular complexity index is 1270. The summed E-state index contributed by atoms with van der Waals surface area (Å²) < 4.78 is 17.8. The van der Waals surface area contributed by atoms with Crippen molar-refractivity contribution in [1.82, 2.24) is 4.98 Å². The minimum absolute atomic E-state index is 0.167.